The van der Waals surface area contributed by atoms with Crippen LogP contribution in [0.5, 0.6) is 5.75 Å². The van der Waals surface area contributed by atoms with Crippen molar-refractivity contribution >= 4 is 40.8 Å². The predicted molar refractivity (Wildman–Crippen MR) is 97.5 cm³/mol. The summed E-state index contributed by atoms with van der Waals surface area (Å²) in [5.74, 6) is -0.533. The van der Waals surface area contributed by atoms with Crippen LogP contribution in [0.4, 0.5) is 5.69 Å². The number of carbonyl (C=O) groups is 2. The van der Waals surface area contributed by atoms with Crippen LogP contribution in [-0.4, -0.2) is 25.1 Å². The number of rotatable bonds is 6. The Hall–Kier alpha value is -2.24. The standard InChI is InChI=1S/C18H17Cl2NO4/c1-11-5-3-6-12(2)18(11)25-10-16(23)24-9-15(22)21-14-8-4-7-13(19)17(14)20/h3-8H,9-10H2,1-2H3,(H,21,22). The van der Waals surface area contributed by atoms with Crippen LogP contribution in [-0.2, 0) is 14.3 Å². The number of amides is 1. The molecule has 0 spiro atoms. The third-order valence-corrected chi connectivity index (χ3v) is 4.15. The van der Waals surface area contributed by atoms with Gasteiger partial charge in [-0.2, -0.15) is 0 Å². The molecule has 2 aromatic rings. The number of nitrogens with one attached hydrogen (secondary N) is 1. The van der Waals surface area contributed by atoms with Crippen LogP contribution in [0.15, 0.2) is 36.4 Å². The molecule has 0 bridgehead atoms. The number of esters is 1. The fourth-order valence-corrected chi connectivity index (χ4v) is 2.48. The Morgan fingerprint density at radius 1 is 1.00 bits per heavy atom. The number of anilines is 1. The molecule has 2 rings (SSSR count). The number of halogens is 2. The van der Waals surface area contributed by atoms with Gasteiger partial charge < -0.3 is 14.8 Å². The second-order valence-electron chi connectivity index (χ2n) is 5.32. The molecule has 5 nitrogen and oxygen atoms in total. The van der Waals surface area contributed by atoms with Crippen LogP contribution in [0.3, 0.4) is 0 Å². The number of hydrogen-bond acceptors (Lipinski definition) is 4. The molecule has 7 heteroatoms. The van der Waals surface area contributed by atoms with Gasteiger partial charge in [-0.25, -0.2) is 4.79 Å². The maximum Gasteiger partial charge on any atom is 0.344 e. The van der Waals surface area contributed by atoms with Crippen molar-refractivity contribution in [1.29, 1.82) is 0 Å². The molecule has 2 aromatic carbocycles. The van der Waals surface area contributed by atoms with Crippen LogP contribution in [0.1, 0.15) is 11.1 Å². The Morgan fingerprint density at radius 2 is 1.64 bits per heavy atom. The van der Waals surface area contributed by atoms with Gasteiger partial charge in [-0.3, -0.25) is 4.79 Å². The molecule has 1 amide bonds. The fourth-order valence-electron chi connectivity index (χ4n) is 2.13. The van der Waals surface area contributed by atoms with Gasteiger partial charge in [-0.05, 0) is 37.1 Å². The number of benzene rings is 2. The Kier molecular flexibility index (Phi) is 6.67. The van der Waals surface area contributed by atoms with Gasteiger partial charge in [0.1, 0.15) is 5.75 Å². The Morgan fingerprint density at radius 3 is 2.32 bits per heavy atom. The summed E-state index contributed by atoms with van der Waals surface area (Å²) in [5.41, 5.74) is 2.18. The topological polar surface area (TPSA) is 64.6 Å². The molecular weight excluding hydrogens is 365 g/mol. The van der Waals surface area contributed by atoms with Gasteiger partial charge in [-0.15, -0.1) is 0 Å². The van der Waals surface area contributed by atoms with Crippen molar-refractivity contribution in [3.63, 3.8) is 0 Å². The van der Waals surface area contributed by atoms with E-state index < -0.39 is 18.5 Å². The molecule has 0 atom stereocenters. The number of hydrogen-bond donors (Lipinski definition) is 1. The summed E-state index contributed by atoms with van der Waals surface area (Å²) in [6.07, 6.45) is 0. The average Bonchev–Trinajstić information content (AvgIpc) is 2.57. The van der Waals surface area contributed by atoms with Crippen molar-refractivity contribution in [2.24, 2.45) is 0 Å². The minimum Gasteiger partial charge on any atom is -0.481 e. The predicted octanol–water partition coefficient (Wildman–Crippen LogP) is 4.17. The zero-order valence-electron chi connectivity index (χ0n) is 13.8. The molecular formula is C18H17Cl2NO4. The normalized spacial score (nSPS) is 10.2. The second-order valence-corrected chi connectivity index (χ2v) is 6.11. The molecule has 0 saturated carbocycles. The van der Waals surface area contributed by atoms with Gasteiger partial charge in [0.25, 0.3) is 5.91 Å². The minimum atomic E-state index is -0.644. The van der Waals surface area contributed by atoms with Gasteiger partial charge in [0.05, 0.1) is 15.7 Å². The molecule has 0 fully saturated rings. The maximum absolute atomic E-state index is 11.8. The molecule has 0 radical (unpaired) electrons. The number of ether oxygens (including phenoxy) is 2. The summed E-state index contributed by atoms with van der Waals surface area (Å²) in [5, 5.41) is 3.07. The van der Waals surface area contributed by atoms with E-state index in [9.17, 15) is 9.59 Å². The lowest BCUT2D eigenvalue weighted by molar-refractivity contribution is -0.149. The summed E-state index contributed by atoms with van der Waals surface area (Å²) >= 11 is 11.8. The molecule has 25 heavy (non-hydrogen) atoms. The van der Waals surface area contributed by atoms with Gasteiger partial charge >= 0.3 is 5.97 Å². The van der Waals surface area contributed by atoms with E-state index in [4.69, 9.17) is 32.7 Å². The van der Waals surface area contributed by atoms with Gasteiger partial charge in [0.15, 0.2) is 13.2 Å². The summed E-state index contributed by atoms with van der Waals surface area (Å²) in [6, 6.07) is 10.5. The zero-order chi connectivity index (χ0) is 18.4. The van der Waals surface area contributed by atoms with Crippen LogP contribution in [0.2, 0.25) is 10.0 Å². The first-order valence-corrected chi connectivity index (χ1v) is 8.22. The summed E-state index contributed by atoms with van der Waals surface area (Å²) < 4.78 is 10.4. The van der Waals surface area contributed by atoms with Crippen LogP contribution < -0.4 is 10.1 Å². The van der Waals surface area contributed by atoms with Crippen LogP contribution in [0, 0.1) is 13.8 Å². The van der Waals surface area contributed by atoms with Crippen molar-refractivity contribution < 1.29 is 19.1 Å². The minimum absolute atomic E-state index is 0.224. The third kappa shape index (κ3) is 5.37. The summed E-state index contributed by atoms with van der Waals surface area (Å²) in [6.45, 7) is 3.04. The molecule has 0 unspecified atom stereocenters. The number of aryl methyl sites for hydroxylation is 2. The zero-order valence-corrected chi connectivity index (χ0v) is 15.3. The highest BCUT2D eigenvalue weighted by atomic mass is 35.5. The van der Waals surface area contributed by atoms with E-state index in [1.807, 2.05) is 32.0 Å². The third-order valence-electron chi connectivity index (χ3n) is 3.33. The lowest BCUT2D eigenvalue weighted by atomic mass is 10.1. The molecule has 0 aliphatic heterocycles. The highest BCUT2D eigenvalue weighted by Crippen LogP contribution is 2.29. The molecule has 0 aliphatic rings. The number of para-hydroxylation sites is 1. The molecule has 132 valence electrons. The van der Waals surface area contributed by atoms with Crippen LogP contribution in [0.25, 0.3) is 0 Å². The van der Waals surface area contributed by atoms with Gasteiger partial charge in [0, 0.05) is 0 Å². The molecule has 0 aliphatic carbocycles. The van der Waals surface area contributed by atoms with Gasteiger partial charge in [0.2, 0.25) is 0 Å². The van der Waals surface area contributed by atoms with E-state index in [1.54, 1.807) is 18.2 Å². The maximum atomic E-state index is 11.8. The fraction of sp³-hybridized carbons (Fsp3) is 0.222. The average molecular weight is 382 g/mol. The van der Waals surface area contributed by atoms with E-state index in [1.165, 1.54) is 0 Å². The smallest absolute Gasteiger partial charge is 0.344 e. The summed E-state index contributed by atoms with van der Waals surface area (Å²) in [7, 11) is 0. The largest absolute Gasteiger partial charge is 0.481 e. The first-order valence-electron chi connectivity index (χ1n) is 7.47. The van der Waals surface area contributed by atoms with Gasteiger partial charge in [-0.1, -0.05) is 47.5 Å². The molecule has 0 aromatic heterocycles. The van der Waals surface area contributed by atoms with Crippen molar-refractivity contribution in [3.05, 3.63) is 57.6 Å². The highest BCUT2D eigenvalue weighted by Gasteiger charge is 2.12. The van der Waals surface area contributed by atoms with E-state index in [0.29, 0.717) is 16.5 Å². The molecule has 0 saturated heterocycles. The lowest BCUT2D eigenvalue weighted by Crippen LogP contribution is -2.24. The second kappa shape index (κ2) is 8.74. The number of carbonyl (C=O) groups excluding carboxylic acids is 2. The SMILES string of the molecule is Cc1cccc(C)c1OCC(=O)OCC(=O)Nc1cccc(Cl)c1Cl. The van der Waals surface area contributed by atoms with E-state index >= 15 is 0 Å². The van der Waals surface area contributed by atoms with Crippen LogP contribution >= 0.6 is 23.2 Å². The van der Waals surface area contributed by atoms with Crippen molar-refractivity contribution in [1.82, 2.24) is 0 Å². The highest BCUT2D eigenvalue weighted by molar-refractivity contribution is 6.44. The van der Waals surface area contributed by atoms with E-state index in [0.717, 1.165) is 11.1 Å². The Bertz CT molecular complexity index is 772. The van der Waals surface area contributed by atoms with Crippen molar-refractivity contribution in [3.8, 4) is 5.75 Å². The first kappa shape index (κ1) is 19.1. The quantitative estimate of drug-likeness (QED) is 0.762. The first-order chi connectivity index (χ1) is 11.9. The van der Waals surface area contributed by atoms with Crippen molar-refractivity contribution in [2.45, 2.75) is 13.8 Å². The van der Waals surface area contributed by atoms with Crippen molar-refractivity contribution in [2.75, 3.05) is 18.5 Å². The summed E-state index contributed by atoms with van der Waals surface area (Å²) in [4.78, 5) is 23.6. The molecule has 1 N–H and O–H groups in total. The molecule has 0 heterocycles. The Balaban J connectivity index is 1.81. The Labute approximate surface area is 155 Å². The monoisotopic (exact) mass is 381 g/mol. The van der Waals surface area contributed by atoms with E-state index in [-0.39, 0.29) is 11.6 Å². The lowest BCUT2D eigenvalue weighted by Gasteiger charge is -2.12. The van der Waals surface area contributed by atoms with E-state index in [2.05, 4.69) is 5.32 Å².